The monoisotopic (exact) mass is 154 g/mol. The summed E-state index contributed by atoms with van der Waals surface area (Å²) in [4.78, 5) is 0. The molecule has 1 rings (SSSR count). The van der Waals surface area contributed by atoms with Gasteiger partial charge < -0.3 is 11.1 Å². The van der Waals surface area contributed by atoms with Gasteiger partial charge in [-0.3, -0.25) is 0 Å². The molecule has 2 heteroatoms. The molecule has 0 heterocycles. The van der Waals surface area contributed by atoms with Crippen molar-refractivity contribution in [3.8, 4) is 0 Å². The van der Waals surface area contributed by atoms with Crippen LogP contribution in [0.1, 0.15) is 25.7 Å². The molecule has 0 bridgehead atoms. The van der Waals surface area contributed by atoms with Crippen LogP contribution in [0.2, 0.25) is 0 Å². The highest BCUT2D eigenvalue weighted by Crippen LogP contribution is 2.16. The van der Waals surface area contributed by atoms with Gasteiger partial charge in [-0.15, -0.1) is 6.58 Å². The molecule has 0 spiro atoms. The Labute approximate surface area is 68.9 Å². The van der Waals surface area contributed by atoms with Gasteiger partial charge in [-0.05, 0) is 12.8 Å². The van der Waals surface area contributed by atoms with E-state index in [2.05, 4.69) is 11.9 Å². The molecule has 11 heavy (non-hydrogen) atoms. The minimum absolute atomic E-state index is 0.365. The zero-order valence-electron chi connectivity index (χ0n) is 7.05. The highest BCUT2D eigenvalue weighted by Gasteiger charge is 2.19. The molecular weight excluding hydrogens is 136 g/mol. The third-order valence-corrected chi connectivity index (χ3v) is 2.34. The first-order valence-electron chi connectivity index (χ1n) is 4.44. The SMILES string of the molecule is C=CCNC1CCCCC1N. The highest BCUT2D eigenvalue weighted by atomic mass is 14.9. The van der Waals surface area contributed by atoms with E-state index in [4.69, 9.17) is 5.73 Å². The Morgan fingerprint density at radius 2 is 2.18 bits per heavy atom. The van der Waals surface area contributed by atoms with E-state index in [0.717, 1.165) is 6.54 Å². The van der Waals surface area contributed by atoms with Crippen LogP contribution in [0.5, 0.6) is 0 Å². The van der Waals surface area contributed by atoms with Crippen LogP contribution in [0, 0.1) is 0 Å². The molecule has 0 aromatic heterocycles. The summed E-state index contributed by atoms with van der Waals surface area (Å²) in [6.45, 7) is 4.55. The van der Waals surface area contributed by atoms with Crippen molar-refractivity contribution in [2.45, 2.75) is 37.8 Å². The fraction of sp³-hybridized carbons (Fsp3) is 0.778. The quantitative estimate of drug-likeness (QED) is 0.596. The smallest absolute Gasteiger partial charge is 0.0221 e. The second kappa shape index (κ2) is 4.52. The van der Waals surface area contributed by atoms with E-state index in [9.17, 15) is 0 Å². The van der Waals surface area contributed by atoms with Gasteiger partial charge in [-0.1, -0.05) is 18.9 Å². The predicted octanol–water partition coefficient (Wildman–Crippen LogP) is 1.03. The van der Waals surface area contributed by atoms with Gasteiger partial charge in [0.25, 0.3) is 0 Å². The number of hydrogen-bond acceptors (Lipinski definition) is 2. The van der Waals surface area contributed by atoms with Crippen LogP contribution < -0.4 is 11.1 Å². The lowest BCUT2D eigenvalue weighted by atomic mass is 9.91. The van der Waals surface area contributed by atoms with E-state index in [1.807, 2.05) is 6.08 Å². The maximum atomic E-state index is 5.92. The molecule has 0 aliphatic heterocycles. The summed E-state index contributed by atoms with van der Waals surface area (Å²) in [7, 11) is 0. The molecule has 3 N–H and O–H groups in total. The Morgan fingerprint density at radius 3 is 2.82 bits per heavy atom. The summed E-state index contributed by atoms with van der Waals surface area (Å²) in [5.41, 5.74) is 5.92. The Kier molecular flexibility index (Phi) is 3.60. The molecule has 2 atom stereocenters. The Hall–Kier alpha value is -0.340. The summed E-state index contributed by atoms with van der Waals surface area (Å²) in [5.74, 6) is 0. The molecule has 0 aromatic carbocycles. The molecule has 1 aliphatic rings. The average Bonchev–Trinajstić information content (AvgIpc) is 2.03. The van der Waals surface area contributed by atoms with Crippen molar-refractivity contribution < 1.29 is 0 Å². The molecule has 0 amide bonds. The number of nitrogens with one attached hydrogen (secondary N) is 1. The number of nitrogens with two attached hydrogens (primary N) is 1. The fourth-order valence-corrected chi connectivity index (χ4v) is 1.65. The van der Waals surface area contributed by atoms with Crippen LogP contribution >= 0.6 is 0 Å². The third kappa shape index (κ3) is 2.64. The van der Waals surface area contributed by atoms with Gasteiger partial charge >= 0.3 is 0 Å². The molecule has 1 fully saturated rings. The number of rotatable bonds is 3. The second-order valence-corrected chi connectivity index (χ2v) is 3.25. The lowest BCUT2D eigenvalue weighted by molar-refractivity contribution is 0.337. The van der Waals surface area contributed by atoms with Crippen molar-refractivity contribution in [1.82, 2.24) is 5.32 Å². The van der Waals surface area contributed by atoms with E-state index >= 15 is 0 Å². The molecule has 2 unspecified atom stereocenters. The van der Waals surface area contributed by atoms with Crippen LogP contribution in [0.4, 0.5) is 0 Å². The lowest BCUT2D eigenvalue weighted by Crippen LogP contribution is -2.47. The fourth-order valence-electron chi connectivity index (χ4n) is 1.65. The van der Waals surface area contributed by atoms with Gasteiger partial charge in [0, 0.05) is 18.6 Å². The maximum absolute atomic E-state index is 5.92. The zero-order chi connectivity index (χ0) is 8.10. The van der Waals surface area contributed by atoms with Gasteiger partial charge in [0.05, 0.1) is 0 Å². The maximum Gasteiger partial charge on any atom is 0.0221 e. The standard InChI is InChI=1S/C9H18N2/c1-2-7-11-9-6-4-3-5-8(9)10/h2,8-9,11H,1,3-7,10H2. The molecule has 0 radical (unpaired) electrons. The van der Waals surface area contributed by atoms with Gasteiger partial charge in [0.1, 0.15) is 0 Å². The van der Waals surface area contributed by atoms with Crippen LogP contribution in [-0.4, -0.2) is 18.6 Å². The molecule has 1 saturated carbocycles. The van der Waals surface area contributed by atoms with Gasteiger partial charge in [-0.25, -0.2) is 0 Å². The predicted molar refractivity (Wildman–Crippen MR) is 48.4 cm³/mol. The first-order chi connectivity index (χ1) is 5.34. The first-order valence-corrected chi connectivity index (χ1v) is 4.44. The van der Waals surface area contributed by atoms with Crippen LogP contribution in [0.25, 0.3) is 0 Å². The summed E-state index contributed by atoms with van der Waals surface area (Å²) in [6.07, 6.45) is 6.92. The van der Waals surface area contributed by atoms with Crippen LogP contribution in [-0.2, 0) is 0 Å². The van der Waals surface area contributed by atoms with Gasteiger partial charge in [0.2, 0.25) is 0 Å². The van der Waals surface area contributed by atoms with Crippen molar-refractivity contribution >= 4 is 0 Å². The van der Waals surface area contributed by atoms with Crippen LogP contribution in [0.15, 0.2) is 12.7 Å². The lowest BCUT2D eigenvalue weighted by Gasteiger charge is -2.28. The van der Waals surface area contributed by atoms with Crippen molar-refractivity contribution in [3.05, 3.63) is 12.7 Å². The van der Waals surface area contributed by atoms with Crippen LogP contribution in [0.3, 0.4) is 0 Å². The summed E-state index contributed by atoms with van der Waals surface area (Å²) in [6, 6.07) is 0.894. The molecule has 64 valence electrons. The summed E-state index contributed by atoms with van der Waals surface area (Å²) >= 11 is 0. The Bertz CT molecular complexity index is 123. The van der Waals surface area contributed by atoms with Crippen molar-refractivity contribution in [3.63, 3.8) is 0 Å². The summed E-state index contributed by atoms with van der Waals surface area (Å²) in [5, 5.41) is 3.38. The van der Waals surface area contributed by atoms with E-state index in [-0.39, 0.29) is 0 Å². The summed E-state index contributed by atoms with van der Waals surface area (Å²) < 4.78 is 0. The topological polar surface area (TPSA) is 38.0 Å². The Balaban J connectivity index is 2.23. The molecule has 1 aliphatic carbocycles. The van der Waals surface area contributed by atoms with E-state index in [0.29, 0.717) is 12.1 Å². The Morgan fingerprint density at radius 1 is 1.45 bits per heavy atom. The van der Waals surface area contributed by atoms with Crippen molar-refractivity contribution in [1.29, 1.82) is 0 Å². The minimum Gasteiger partial charge on any atom is -0.326 e. The second-order valence-electron chi connectivity index (χ2n) is 3.25. The van der Waals surface area contributed by atoms with Gasteiger partial charge in [0.15, 0.2) is 0 Å². The van der Waals surface area contributed by atoms with E-state index in [1.54, 1.807) is 0 Å². The van der Waals surface area contributed by atoms with Crippen molar-refractivity contribution in [2.75, 3.05) is 6.54 Å². The largest absolute Gasteiger partial charge is 0.326 e. The minimum atomic E-state index is 0.365. The van der Waals surface area contributed by atoms with E-state index in [1.165, 1.54) is 25.7 Å². The third-order valence-electron chi connectivity index (χ3n) is 2.34. The molecule has 2 nitrogen and oxygen atoms in total. The highest BCUT2D eigenvalue weighted by molar-refractivity contribution is 4.85. The normalized spacial score (nSPS) is 31.7. The van der Waals surface area contributed by atoms with E-state index < -0.39 is 0 Å². The molecule has 0 aromatic rings. The molecular formula is C9H18N2. The number of hydrogen-bond donors (Lipinski definition) is 2. The average molecular weight is 154 g/mol. The molecule has 0 saturated heterocycles. The zero-order valence-corrected chi connectivity index (χ0v) is 7.05. The van der Waals surface area contributed by atoms with Gasteiger partial charge in [-0.2, -0.15) is 0 Å². The first kappa shape index (κ1) is 8.75. The van der Waals surface area contributed by atoms with Crippen molar-refractivity contribution in [2.24, 2.45) is 5.73 Å².